The largest absolute Gasteiger partial charge is 0.409 e. The van der Waals surface area contributed by atoms with Gasteiger partial charge in [-0.15, -0.1) is 0 Å². The Balaban J connectivity index is 2.85. The van der Waals surface area contributed by atoms with E-state index in [2.05, 4.69) is 17.1 Å². The molecule has 0 atom stereocenters. The molecule has 0 unspecified atom stereocenters. The van der Waals surface area contributed by atoms with Gasteiger partial charge in [0, 0.05) is 11.6 Å². The Bertz CT molecular complexity index is 576. The lowest BCUT2D eigenvalue weighted by Gasteiger charge is -2.08. The van der Waals surface area contributed by atoms with Gasteiger partial charge in [-0.3, -0.25) is 4.98 Å². The molecule has 0 radical (unpaired) electrons. The van der Waals surface area contributed by atoms with Gasteiger partial charge in [0.1, 0.15) is 5.69 Å². The third-order valence-electron chi connectivity index (χ3n) is 2.84. The molecule has 1 aromatic carbocycles. The van der Waals surface area contributed by atoms with Crippen molar-refractivity contribution in [2.75, 3.05) is 0 Å². The third kappa shape index (κ3) is 1.48. The van der Waals surface area contributed by atoms with Gasteiger partial charge in [0.15, 0.2) is 5.84 Å². The Kier molecular flexibility index (Phi) is 2.48. The van der Waals surface area contributed by atoms with Crippen molar-refractivity contribution in [2.24, 2.45) is 10.9 Å². The van der Waals surface area contributed by atoms with E-state index in [1.165, 1.54) is 11.1 Å². The topological polar surface area (TPSA) is 71.5 Å². The summed E-state index contributed by atoms with van der Waals surface area (Å²) in [5.41, 5.74) is 8.50. The molecule has 0 aliphatic heterocycles. The summed E-state index contributed by atoms with van der Waals surface area (Å²) in [5.74, 6) is 0.0360. The van der Waals surface area contributed by atoms with Gasteiger partial charge >= 0.3 is 0 Å². The lowest BCUT2D eigenvalue weighted by Crippen LogP contribution is -2.15. The minimum atomic E-state index is 0.0360. The fourth-order valence-corrected chi connectivity index (χ4v) is 1.77. The second kappa shape index (κ2) is 3.81. The van der Waals surface area contributed by atoms with Crippen LogP contribution < -0.4 is 5.73 Å². The predicted octanol–water partition coefficient (Wildman–Crippen LogP) is 1.95. The van der Waals surface area contributed by atoms with Crippen molar-refractivity contribution in [3.63, 3.8) is 0 Å². The number of aryl methyl sites for hydroxylation is 2. The number of hydrogen-bond acceptors (Lipinski definition) is 3. The number of hydrogen-bond donors (Lipinski definition) is 2. The van der Waals surface area contributed by atoms with Gasteiger partial charge in [-0.2, -0.15) is 0 Å². The van der Waals surface area contributed by atoms with Gasteiger partial charge in [-0.25, -0.2) is 0 Å². The highest BCUT2D eigenvalue weighted by Gasteiger charge is 2.08. The van der Waals surface area contributed by atoms with Crippen LogP contribution in [-0.2, 0) is 0 Å². The highest BCUT2D eigenvalue weighted by Crippen LogP contribution is 2.22. The average molecular weight is 215 g/mol. The summed E-state index contributed by atoms with van der Waals surface area (Å²) in [6.45, 7) is 4.10. The molecule has 1 heterocycles. The summed E-state index contributed by atoms with van der Waals surface area (Å²) < 4.78 is 0. The molecule has 82 valence electrons. The monoisotopic (exact) mass is 215 g/mol. The molecule has 1 aromatic heterocycles. The zero-order chi connectivity index (χ0) is 11.7. The van der Waals surface area contributed by atoms with E-state index in [-0.39, 0.29) is 5.84 Å². The number of oxime groups is 1. The van der Waals surface area contributed by atoms with Crippen LogP contribution in [0.25, 0.3) is 10.8 Å². The molecule has 0 bridgehead atoms. The van der Waals surface area contributed by atoms with Crippen LogP contribution in [-0.4, -0.2) is 16.0 Å². The smallest absolute Gasteiger partial charge is 0.189 e. The van der Waals surface area contributed by atoms with E-state index in [1.807, 2.05) is 25.1 Å². The quantitative estimate of drug-likeness (QED) is 0.330. The molecule has 3 N–H and O–H groups in total. The Morgan fingerprint density at radius 3 is 2.69 bits per heavy atom. The summed E-state index contributed by atoms with van der Waals surface area (Å²) in [4.78, 5) is 4.13. The van der Waals surface area contributed by atoms with Crippen LogP contribution in [0, 0.1) is 13.8 Å². The number of nitrogens with zero attached hydrogens (tertiary/aromatic N) is 2. The van der Waals surface area contributed by atoms with E-state index in [0.717, 1.165) is 10.8 Å². The Morgan fingerprint density at radius 1 is 1.25 bits per heavy atom. The van der Waals surface area contributed by atoms with Gasteiger partial charge in [0.05, 0.1) is 0 Å². The fraction of sp³-hybridized carbons (Fsp3) is 0.167. The number of aromatic nitrogens is 1. The Labute approximate surface area is 93.4 Å². The van der Waals surface area contributed by atoms with Gasteiger partial charge in [0.2, 0.25) is 0 Å². The molecule has 2 rings (SSSR count). The summed E-state index contributed by atoms with van der Waals surface area (Å²) in [7, 11) is 0. The Morgan fingerprint density at radius 2 is 2.00 bits per heavy atom. The van der Waals surface area contributed by atoms with Gasteiger partial charge in [0.25, 0.3) is 0 Å². The highest BCUT2D eigenvalue weighted by atomic mass is 16.4. The third-order valence-corrected chi connectivity index (χ3v) is 2.84. The summed E-state index contributed by atoms with van der Waals surface area (Å²) >= 11 is 0. The van der Waals surface area contributed by atoms with Crippen LogP contribution in [0.4, 0.5) is 0 Å². The number of rotatable bonds is 1. The van der Waals surface area contributed by atoms with E-state index in [4.69, 9.17) is 10.9 Å². The molecule has 0 spiro atoms. The molecule has 16 heavy (non-hydrogen) atoms. The zero-order valence-corrected chi connectivity index (χ0v) is 9.23. The first kappa shape index (κ1) is 10.4. The van der Waals surface area contributed by atoms with Crippen molar-refractivity contribution in [1.29, 1.82) is 0 Å². The van der Waals surface area contributed by atoms with Crippen molar-refractivity contribution >= 4 is 16.6 Å². The normalized spacial score (nSPS) is 12.0. The molecule has 0 saturated heterocycles. The van der Waals surface area contributed by atoms with E-state index >= 15 is 0 Å². The van der Waals surface area contributed by atoms with E-state index in [9.17, 15) is 0 Å². The van der Waals surface area contributed by atoms with E-state index in [0.29, 0.717) is 5.69 Å². The summed E-state index contributed by atoms with van der Waals surface area (Å²) in [6.07, 6.45) is 1.67. The molecule has 4 nitrogen and oxygen atoms in total. The average Bonchev–Trinajstić information content (AvgIpc) is 2.32. The fourth-order valence-electron chi connectivity index (χ4n) is 1.77. The van der Waals surface area contributed by atoms with Gasteiger partial charge < -0.3 is 10.9 Å². The molecule has 0 saturated carbocycles. The van der Waals surface area contributed by atoms with Crippen LogP contribution in [0.3, 0.4) is 0 Å². The minimum absolute atomic E-state index is 0.0360. The van der Waals surface area contributed by atoms with Crippen LogP contribution in [0.1, 0.15) is 16.8 Å². The Hall–Kier alpha value is -2.10. The molecule has 0 fully saturated rings. The maximum Gasteiger partial charge on any atom is 0.189 e. The van der Waals surface area contributed by atoms with Gasteiger partial charge in [-0.1, -0.05) is 17.3 Å². The standard InChI is InChI=1S/C12H13N3O/c1-7-3-4-10-9(8(7)2)5-6-14-11(10)12(13)15-16/h3-6,16H,1-2H3,(H2,13,15). The molecular weight excluding hydrogens is 202 g/mol. The predicted molar refractivity (Wildman–Crippen MR) is 63.7 cm³/mol. The lowest BCUT2D eigenvalue weighted by atomic mass is 10.0. The zero-order valence-electron chi connectivity index (χ0n) is 9.23. The van der Waals surface area contributed by atoms with E-state index < -0.39 is 0 Å². The number of amidine groups is 1. The van der Waals surface area contributed by atoms with Crippen molar-refractivity contribution in [1.82, 2.24) is 4.98 Å². The van der Waals surface area contributed by atoms with Crippen molar-refractivity contribution in [3.05, 3.63) is 41.2 Å². The number of pyridine rings is 1. The van der Waals surface area contributed by atoms with Crippen molar-refractivity contribution in [2.45, 2.75) is 13.8 Å². The maximum atomic E-state index is 8.69. The number of benzene rings is 1. The highest BCUT2D eigenvalue weighted by molar-refractivity contribution is 6.07. The first-order valence-corrected chi connectivity index (χ1v) is 4.98. The second-order valence-corrected chi connectivity index (χ2v) is 3.75. The lowest BCUT2D eigenvalue weighted by molar-refractivity contribution is 0.318. The SMILES string of the molecule is Cc1ccc2c(/C(N)=N/O)nccc2c1C. The van der Waals surface area contributed by atoms with Crippen LogP contribution >= 0.6 is 0 Å². The summed E-state index contributed by atoms with van der Waals surface area (Å²) in [5, 5.41) is 13.7. The van der Waals surface area contributed by atoms with E-state index in [1.54, 1.807) is 6.20 Å². The van der Waals surface area contributed by atoms with Crippen molar-refractivity contribution < 1.29 is 5.21 Å². The molecule has 2 aromatic rings. The first-order chi connectivity index (χ1) is 7.65. The maximum absolute atomic E-state index is 8.69. The number of fused-ring (bicyclic) bond motifs is 1. The first-order valence-electron chi connectivity index (χ1n) is 4.98. The number of nitrogens with two attached hydrogens (primary N) is 1. The van der Waals surface area contributed by atoms with Gasteiger partial charge in [-0.05, 0) is 36.4 Å². The molecule has 4 heteroatoms. The molecule has 0 aliphatic carbocycles. The molecular formula is C12H13N3O. The molecule has 0 amide bonds. The second-order valence-electron chi connectivity index (χ2n) is 3.75. The van der Waals surface area contributed by atoms with Crippen LogP contribution in [0.2, 0.25) is 0 Å². The van der Waals surface area contributed by atoms with Crippen molar-refractivity contribution in [3.8, 4) is 0 Å². The molecule has 0 aliphatic rings. The summed E-state index contributed by atoms with van der Waals surface area (Å²) in [6, 6.07) is 5.89. The van der Waals surface area contributed by atoms with Crippen LogP contribution in [0.15, 0.2) is 29.6 Å². The van der Waals surface area contributed by atoms with Crippen LogP contribution in [0.5, 0.6) is 0 Å². The minimum Gasteiger partial charge on any atom is -0.409 e.